The second-order valence-electron chi connectivity index (χ2n) is 5.06. The number of rotatable bonds is 3. The number of H-pyrrole nitrogens is 1. The summed E-state index contributed by atoms with van der Waals surface area (Å²) < 4.78 is 45.4. The van der Waals surface area contributed by atoms with E-state index in [4.69, 9.17) is 4.42 Å². The van der Waals surface area contributed by atoms with E-state index in [0.29, 0.717) is 11.5 Å². The molecule has 0 radical (unpaired) electrons. The number of halogens is 4. The topological polar surface area (TPSA) is 58.9 Å². The number of alkyl halides is 3. The van der Waals surface area contributed by atoms with Gasteiger partial charge < -0.3 is 9.40 Å². The van der Waals surface area contributed by atoms with Crippen LogP contribution in [0, 0.1) is 0 Å². The molecule has 0 bridgehead atoms. The van der Waals surface area contributed by atoms with Gasteiger partial charge in [0.05, 0.1) is 0 Å². The first-order valence-electron chi connectivity index (χ1n) is 7.03. The van der Waals surface area contributed by atoms with E-state index < -0.39 is 17.6 Å². The molecule has 3 aromatic rings. The van der Waals surface area contributed by atoms with Gasteiger partial charge >= 0.3 is 11.9 Å². The summed E-state index contributed by atoms with van der Waals surface area (Å²) in [7, 11) is 0. The highest BCUT2D eigenvalue weighted by Gasteiger charge is 2.34. The van der Waals surface area contributed by atoms with Crippen LogP contribution in [0.5, 0.6) is 0 Å². The Kier molecular flexibility index (Phi) is 4.63. The molecular formula is C17H10BrF3N2O2. The molecule has 0 saturated heterocycles. The smallest absolute Gasteiger partial charge is 0.432 e. The summed E-state index contributed by atoms with van der Waals surface area (Å²) in [5, 5.41) is 0. The van der Waals surface area contributed by atoms with E-state index in [-0.39, 0.29) is 5.56 Å². The zero-order chi connectivity index (χ0) is 18.0. The first kappa shape index (κ1) is 17.2. The highest BCUT2D eigenvalue weighted by molar-refractivity contribution is 9.10. The van der Waals surface area contributed by atoms with E-state index in [0.717, 1.165) is 16.2 Å². The van der Waals surface area contributed by atoms with Crippen molar-refractivity contribution >= 4 is 28.1 Å². The quantitative estimate of drug-likeness (QED) is 0.662. The molecule has 2 aromatic heterocycles. The molecule has 1 aromatic carbocycles. The molecule has 0 unspecified atom stereocenters. The summed E-state index contributed by atoms with van der Waals surface area (Å²) in [5.41, 5.74) is -1.62. The Bertz CT molecular complexity index is 973. The molecule has 0 saturated carbocycles. The Balaban J connectivity index is 1.89. The third-order valence-corrected chi connectivity index (χ3v) is 3.84. The molecule has 0 fully saturated rings. The fourth-order valence-electron chi connectivity index (χ4n) is 2.15. The number of hydrogen-bond acceptors (Lipinski definition) is 3. The zero-order valence-electron chi connectivity index (χ0n) is 12.5. The second kappa shape index (κ2) is 6.72. The Morgan fingerprint density at radius 2 is 1.80 bits per heavy atom. The van der Waals surface area contributed by atoms with E-state index >= 15 is 0 Å². The van der Waals surface area contributed by atoms with E-state index in [1.165, 1.54) is 12.2 Å². The first-order chi connectivity index (χ1) is 11.8. The summed E-state index contributed by atoms with van der Waals surface area (Å²) in [4.78, 5) is 16.1. The number of nitrogens with zero attached hydrogens (tertiary/aromatic N) is 1. The first-order valence-corrected chi connectivity index (χ1v) is 7.82. The number of aromatic amines is 1. The van der Waals surface area contributed by atoms with Gasteiger partial charge in [-0.05, 0) is 36.4 Å². The van der Waals surface area contributed by atoms with Gasteiger partial charge in [0.25, 0.3) is 0 Å². The Labute approximate surface area is 148 Å². The van der Waals surface area contributed by atoms with Crippen molar-refractivity contribution in [3.8, 4) is 11.3 Å². The van der Waals surface area contributed by atoms with Crippen LogP contribution in [-0.4, -0.2) is 9.97 Å². The van der Waals surface area contributed by atoms with Crippen molar-refractivity contribution in [1.29, 1.82) is 0 Å². The number of nitrogens with one attached hydrogen (secondary N) is 1. The van der Waals surface area contributed by atoms with Gasteiger partial charge in [0, 0.05) is 21.8 Å². The van der Waals surface area contributed by atoms with Gasteiger partial charge in [0.1, 0.15) is 17.2 Å². The summed E-state index contributed by atoms with van der Waals surface area (Å²) in [6.07, 6.45) is -1.24. The van der Waals surface area contributed by atoms with Crippen LogP contribution < -0.4 is 5.69 Å². The van der Waals surface area contributed by atoms with Crippen LogP contribution in [0.3, 0.4) is 0 Å². The minimum atomic E-state index is -4.69. The van der Waals surface area contributed by atoms with Gasteiger partial charge in [0.2, 0.25) is 0 Å². The fourth-order valence-corrected chi connectivity index (χ4v) is 2.41. The lowest BCUT2D eigenvalue weighted by molar-refractivity contribution is -0.141. The van der Waals surface area contributed by atoms with Gasteiger partial charge in [-0.3, -0.25) is 0 Å². The largest absolute Gasteiger partial charge is 0.457 e. The van der Waals surface area contributed by atoms with Crippen LogP contribution in [0.2, 0.25) is 0 Å². The monoisotopic (exact) mass is 410 g/mol. The summed E-state index contributed by atoms with van der Waals surface area (Å²) in [6.45, 7) is 0. The number of benzene rings is 1. The van der Waals surface area contributed by atoms with Gasteiger partial charge in [-0.25, -0.2) is 9.78 Å². The molecule has 0 aliphatic carbocycles. The van der Waals surface area contributed by atoms with Crippen molar-refractivity contribution in [1.82, 2.24) is 9.97 Å². The lowest BCUT2D eigenvalue weighted by Crippen LogP contribution is -2.20. The van der Waals surface area contributed by atoms with Gasteiger partial charge in [0.15, 0.2) is 0 Å². The zero-order valence-corrected chi connectivity index (χ0v) is 14.1. The molecule has 3 rings (SSSR count). The lowest BCUT2D eigenvalue weighted by Gasteiger charge is -2.08. The standard InChI is InChI=1S/C17H10BrF3N2O2/c18-12-4-1-10(2-5-12)14-8-7-13(25-14)6-3-11-9-22-16(24)23-15(11)17(19,20)21/h1-9H,(H,22,23,24). The number of aromatic nitrogens is 2. The predicted octanol–water partition coefficient (Wildman–Crippen LogP) is 4.98. The molecule has 0 amide bonds. The second-order valence-corrected chi connectivity index (χ2v) is 5.97. The van der Waals surface area contributed by atoms with Gasteiger partial charge in [-0.15, -0.1) is 0 Å². The van der Waals surface area contributed by atoms with Crippen LogP contribution in [0.4, 0.5) is 13.2 Å². The Morgan fingerprint density at radius 3 is 2.48 bits per heavy atom. The molecule has 2 heterocycles. The lowest BCUT2D eigenvalue weighted by atomic mass is 10.2. The maximum atomic E-state index is 13.0. The van der Waals surface area contributed by atoms with Crippen LogP contribution in [-0.2, 0) is 6.18 Å². The van der Waals surface area contributed by atoms with E-state index in [9.17, 15) is 18.0 Å². The molecule has 4 nitrogen and oxygen atoms in total. The minimum absolute atomic E-state index is 0.256. The number of furan rings is 1. The predicted molar refractivity (Wildman–Crippen MR) is 90.6 cm³/mol. The van der Waals surface area contributed by atoms with Crippen LogP contribution in [0.1, 0.15) is 17.0 Å². The normalized spacial score (nSPS) is 12.0. The Hall–Kier alpha value is -2.61. The van der Waals surface area contributed by atoms with Crippen molar-refractivity contribution in [3.63, 3.8) is 0 Å². The molecule has 8 heteroatoms. The molecule has 0 aliphatic heterocycles. The summed E-state index contributed by atoms with van der Waals surface area (Å²) in [6, 6.07) is 10.8. The van der Waals surface area contributed by atoms with Crippen molar-refractivity contribution in [3.05, 3.63) is 74.6 Å². The highest BCUT2D eigenvalue weighted by Crippen LogP contribution is 2.30. The van der Waals surface area contributed by atoms with Gasteiger partial charge in [-0.1, -0.05) is 28.1 Å². The van der Waals surface area contributed by atoms with Crippen molar-refractivity contribution in [2.45, 2.75) is 6.18 Å². The van der Waals surface area contributed by atoms with Crippen LogP contribution >= 0.6 is 15.9 Å². The van der Waals surface area contributed by atoms with E-state index in [2.05, 4.69) is 20.9 Å². The van der Waals surface area contributed by atoms with E-state index in [1.54, 1.807) is 17.1 Å². The molecule has 25 heavy (non-hydrogen) atoms. The van der Waals surface area contributed by atoms with Crippen molar-refractivity contribution in [2.24, 2.45) is 0 Å². The Morgan fingerprint density at radius 1 is 1.08 bits per heavy atom. The number of hydrogen-bond donors (Lipinski definition) is 1. The van der Waals surface area contributed by atoms with Crippen molar-refractivity contribution < 1.29 is 17.6 Å². The third kappa shape index (κ3) is 4.08. The third-order valence-electron chi connectivity index (χ3n) is 3.31. The average Bonchev–Trinajstić information content (AvgIpc) is 3.02. The maximum absolute atomic E-state index is 13.0. The molecule has 128 valence electrons. The highest BCUT2D eigenvalue weighted by atomic mass is 79.9. The molecule has 1 N–H and O–H groups in total. The summed E-state index contributed by atoms with van der Waals surface area (Å²) >= 11 is 3.34. The average molecular weight is 411 g/mol. The SMILES string of the molecule is O=c1ncc(C=Cc2ccc(-c3ccc(Br)cc3)o2)c(C(F)(F)F)[nH]1. The summed E-state index contributed by atoms with van der Waals surface area (Å²) in [5.74, 6) is 0.958. The van der Waals surface area contributed by atoms with Crippen LogP contribution in [0.25, 0.3) is 23.5 Å². The van der Waals surface area contributed by atoms with Crippen molar-refractivity contribution in [2.75, 3.05) is 0 Å². The minimum Gasteiger partial charge on any atom is -0.457 e. The van der Waals surface area contributed by atoms with Gasteiger partial charge in [-0.2, -0.15) is 13.2 Å². The molecule has 0 aliphatic rings. The molecule has 0 atom stereocenters. The fraction of sp³-hybridized carbons (Fsp3) is 0.0588. The molecular weight excluding hydrogens is 401 g/mol. The van der Waals surface area contributed by atoms with E-state index in [1.807, 2.05) is 24.3 Å². The van der Waals surface area contributed by atoms with Crippen LogP contribution in [0.15, 0.2) is 56.3 Å². The maximum Gasteiger partial charge on any atom is 0.432 e. The molecule has 0 spiro atoms.